The number of nitrogens with zero attached hydrogens (tertiary/aromatic N) is 3. The summed E-state index contributed by atoms with van der Waals surface area (Å²) >= 11 is 0. The largest absolute Gasteiger partial charge is 0.505 e. The van der Waals surface area contributed by atoms with Gasteiger partial charge in [-0.15, -0.1) is 0 Å². The second-order valence-corrected chi connectivity index (χ2v) is 10.1. The number of nitrogens with one attached hydrogen (secondary N) is 1. The van der Waals surface area contributed by atoms with E-state index in [2.05, 4.69) is 4.98 Å². The van der Waals surface area contributed by atoms with Gasteiger partial charge in [-0.3, -0.25) is 0 Å². The van der Waals surface area contributed by atoms with Gasteiger partial charge in [0.1, 0.15) is 18.5 Å². The van der Waals surface area contributed by atoms with Crippen molar-refractivity contribution in [1.29, 1.82) is 0 Å². The Hall–Kier alpha value is -5.25. The van der Waals surface area contributed by atoms with E-state index >= 15 is 0 Å². The Morgan fingerprint density at radius 2 is 1.32 bits per heavy atom. The molecule has 0 saturated heterocycles. The molecule has 0 amide bonds. The standard InChI is InChI=1S/C35H28N4O4.Co/c1-41-34-29(21-10-6-4-7-11-21)28-20-26-17-15-24(37-26)18-23-14-16-25(36-23)19-27-33(40)30(22-12-8-5-9-13-22)31(38-27)35(42-2)32(34)39(28)43-3;/h4-20,36,40H,1-3H3;. The minimum atomic E-state index is 0. The van der Waals surface area contributed by atoms with Crippen molar-refractivity contribution in [3.8, 4) is 22.6 Å². The van der Waals surface area contributed by atoms with Crippen LogP contribution < -0.4 is 14.3 Å². The zero-order valence-electron chi connectivity index (χ0n) is 24.2. The summed E-state index contributed by atoms with van der Waals surface area (Å²) < 4.78 is 13.9. The number of aromatic nitrogens is 4. The van der Waals surface area contributed by atoms with Crippen molar-refractivity contribution in [3.05, 3.63) is 119 Å². The van der Waals surface area contributed by atoms with Gasteiger partial charge in [0, 0.05) is 27.8 Å². The van der Waals surface area contributed by atoms with Crippen molar-refractivity contribution in [1.82, 2.24) is 19.7 Å². The molecule has 0 aliphatic carbocycles. The van der Waals surface area contributed by atoms with E-state index in [1.165, 1.54) is 0 Å². The van der Waals surface area contributed by atoms with Crippen molar-refractivity contribution < 1.29 is 36.2 Å². The van der Waals surface area contributed by atoms with E-state index in [-0.39, 0.29) is 22.5 Å². The molecule has 2 aliphatic rings. The van der Waals surface area contributed by atoms with Gasteiger partial charge >= 0.3 is 0 Å². The van der Waals surface area contributed by atoms with Crippen molar-refractivity contribution in [2.24, 2.45) is 0 Å². The van der Waals surface area contributed by atoms with Crippen molar-refractivity contribution in [2.45, 2.75) is 0 Å². The summed E-state index contributed by atoms with van der Waals surface area (Å²) in [5, 5.41) is 11.7. The molecule has 0 spiro atoms. The molecule has 1 radical (unpaired) electrons. The fraction of sp³-hybridized carbons (Fsp3) is 0.0857. The number of aliphatic hydroxyl groups excluding tert-OH is 1. The summed E-state index contributed by atoms with van der Waals surface area (Å²) in [6, 6.07) is 29.2. The average molecular weight is 628 g/mol. The van der Waals surface area contributed by atoms with Crippen LogP contribution in [0.4, 0.5) is 0 Å². The third-order valence-corrected chi connectivity index (χ3v) is 7.51. The van der Waals surface area contributed by atoms with Gasteiger partial charge in [-0.25, -0.2) is 9.97 Å². The molecule has 2 aromatic carbocycles. The number of ether oxygens (including phenoxy) is 2. The molecule has 2 N–H and O–H groups in total. The first-order valence-corrected chi connectivity index (χ1v) is 13.8. The fourth-order valence-corrected chi connectivity index (χ4v) is 5.67. The van der Waals surface area contributed by atoms with E-state index in [4.69, 9.17) is 24.3 Å². The number of H-pyrrole nitrogens is 1. The second kappa shape index (κ2) is 11.8. The van der Waals surface area contributed by atoms with Gasteiger partial charge in [-0.2, -0.15) is 4.73 Å². The first-order valence-electron chi connectivity index (χ1n) is 13.8. The van der Waals surface area contributed by atoms with E-state index in [9.17, 15) is 5.11 Å². The Balaban J connectivity index is 0.00000343. The first kappa shape index (κ1) is 28.8. The summed E-state index contributed by atoms with van der Waals surface area (Å²) in [6.45, 7) is 0. The molecule has 5 aromatic rings. The average Bonchev–Trinajstić information content (AvgIpc) is 3.81. The van der Waals surface area contributed by atoms with Crippen molar-refractivity contribution in [3.63, 3.8) is 0 Å². The van der Waals surface area contributed by atoms with Gasteiger partial charge in [0.05, 0.1) is 42.3 Å². The van der Waals surface area contributed by atoms with Crippen LogP contribution in [0, 0.1) is 0 Å². The van der Waals surface area contributed by atoms with Crippen molar-refractivity contribution >= 4 is 45.6 Å². The summed E-state index contributed by atoms with van der Waals surface area (Å²) in [5.74, 6) is 0.930. The van der Waals surface area contributed by atoms with Crippen LogP contribution in [0.1, 0.15) is 28.3 Å². The number of aromatic amines is 1. The maximum absolute atomic E-state index is 11.7. The van der Waals surface area contributed by atoms with Crippen LogP contribution >= 0.6 is 0 Å². The topological polar surface area (TPSA) is 94.4 Å². The van der Waals surface area contributed by atoms with Crippen LogP contribution in [-0.4, -0.2) is 46.1 Å². The number of hydrogen-bond donors (Lipinski definition) is 2. The molecule has 221 valence electrons. The van der Waals surface area contributed by atoms with Gasteiger partial charge < -0.3 is 24.4 Å². The van der Waals surface area contributed by atoms with Crippen LogP contribution in [0.3, 0.4) is 0 Å². The molecule has 44 heavy (non-hydrogen) atoms. The van der Waals surface area contributed by atoms with Crippen LogP contribution in [0.25, 0.3) is 56.7 Å². The normalized spacial score (nSPS) is 12.2. The quantitative estimate of drug-likeness (QED) is 0.211. The minimum absolute atomic E-state index is 0. The third-order valence-electron chi connectivity index (χ3n) is 7.51. The Bertz CT molecular complexity index is 2100. The van der Waals surface area contributed by atoms with E-state index < -0.39 is 0 Å². The number of rotatable bonds is 5. The van der Waals surface area contributed by atoms with E-state index in [0.717, 1.165) is 39.1 Å². The maximum Gasteiger partial charge on any atom is 0.176 e. The molecular weight excluding hydrogens is 599 g/mol. The van der Waals surface area contributed by atoms with E-state index in [1.807, 2.05) is 103 Å². The fourth-order valence-electron chi connectivity index (χ4n) is 5.67. The van der Waals surface area contributed by atoms with Crippen LogP contribution in [0.15, 0.2) is 91.0 Å². The first-order chi connectivity index (χ1) is 21.1. The zero-order chi connectivity index (χ0) is 29.5. The Labute approximate surface area is 264 Å². The smallest absolute Gasteiger partial charge is 0.176 e. The van der Waals surface area contributed by atoms with Crippen molar-refractivity contribution in [2.75, 3.05) is 21.3 Å². The van der Waals surface area contributed by atoms with Gasteiger partial charge in [0.25, 0.3) is 0 Å². The minimum Gasteiger partial charge on any atom is -0.505 e. The molecular formula is C35H28CoN4O4. The van der Waals surface area contributed by atoms with Gasteiger partial charge in [0.15, 0.2) is 22.8 Å². The predicted molar refractivity (Wildman–Crippen MR) is 170 cm³/mol. The molecule has 2 aliphatic heterocycles. The molecule has 7 rings (SSSR count). The second-order valence-electron chi connectivity index (χ2n) is 10.1. The molecule has 0 atom stereocenters. The predicted octanol–water partition coefficient (Wildman–Crippen LogP) is 7.17. The van der Waals surface area contributed by atoms with E-state index in [1.54, 1.807) is 26.1 Å². The number of hydrogen-bond acceptors (Lipinski definition) is 6. The van der Waals surface area contributed by atoms with Crippen LogP contribution in [0.2, 0.25) is 0 Å². The van der Waals surface area contributed by atoms with Crippen LogP contribution in [-0.2, 0) is 16.8 Å². The molecule has 3 aromatic heterocycles. The maximum atomic E-state index is 11.7. The van der Waals surface area contributed by atoms with Crippen LogP contribution in [0.5, 0.6) is 11.5 Å². The summed E-state index contributed by atoms with van der Waals surface area (Å²) in [5.41, 5.74) is 8.27. The van der Waals surface area contributed by atoms with Gasteiger partial charge in [0.2, 0.25) is 0 Å². The third kappa shape index (κ3) is 4.82. The Kier molecular flexibility index (Phi) is 7.73. The molecule has 9 heteroatoms. The molecule has 0 saturated carbocycles. The van der Waals surface area contributed by atoms with Gasteiger partial charge in [-0.1, -0.05) is 60.7 Å². The number of methoxy groups -OCH3 is 2. The Morgan fingerprint density at radius 1 is 0.705 bits per heavy atom. The Morgan fingerprint density at radius 3 is 1.95 bits per heavy atom. The molecule has 0 fully saturated rings. The molecule has 0 unspecified atom stereocenters. The SMILES string of the molecule is COc1c2nc(cc3ccc(cc4nc(cc5c(-c6ccccc6)c(OC)c1n5OC)C=C4)[nH]3)C(O)=C2c1ccccc1.[Co]. The number of fused-ring (bicyclic) bond motifs is 8. The monoisotopic (exact) mass is 627 g/mol. The molecule has 5 heterocycles. The number of benzene rings is 2. The van der Waals surface area contributed by atoms with E-state index in [0.29, 0.717) is 39.5 Å². The molecule has 8 bridgehead atoms. The summed E-state index contributed by atoms with van der Waals surface area (Å²) in [7, 11) is 4.79. The summed E-state index contributed by atoms with van der Waals surface area (Å²) in [6.07, 6.45) is 3.93. The number of aliphatic hydroxyl groups is 1. The zero-order valence-corrected chi connectivity index (χ0v) is 25.2. The summed E-state index contributed by atoms with van der Waals surface area (Å²) in [4.78, 5) is 19.2. The van der Waals surface area contributed by atoms with Gasteiger partial charge in [-0.05, 0) is 53.6 Å². The molecule has 8 nitrogen and oxygen atoms in total.